The number of methoxy groups -OCH3 is 1. The van der Waals surface area contributed by atoms with E-state index in [9.17, 15) is 9.59 Å². The van der Waals surface area contributed by atoms with Gasteiger partial charge in [-0.1, -0.05) is 25.1 Å². The van der Waals surface area contributed by atoms with E-state index in [4.69, 9.17) is 9.47 Å². The fraction of sp³-hybridized carbons (Fsp3) is 0.462. The molecule has 6 nitrogen and oxygen atoms in total. The van der Waals surface area contributed by atoms with Crippen LogP contribution in [-0.2, 0) is 16.1 Å². The lowest BCUT2D eigenvalue weighted by molar-refractivity contribution is -0.142. The Hall–Kier alpha value is -3.02. The van der Waals surface area contributed by atoms with E-state index in [1.54, 1.807) is 18.9 Å². The average molecular weight is 441 g/mol. The molecule has 0 radical (unpaired) electrons. The summed E-state index contributed by atoms with van der Waals surface area (Å²) < 4.78 is 11.1. The predicted molar refractivity (Wildman–Crippen MR) is 127 cm³/mol. The molecule has 0 heterocycles. The van der Waals surface area contributed by atoms with Gasteiger partial charge in [-0.3, -0.25) is 9.59 Å². The number of carbonyl (C=O) groups excluding carboxylic acids is 2. The molecule has 0 aliphatic heterocycles. The van der Waals surface area contributed by atoms with Crippen molar-refractivity contribution < 1.29 is 19.1 Å². The van der Waals surface area contributed by atoms with Crippen LogP contribution in [0, 0.1) is 20.8 Å². The van der Waals surface area contributed by atoms with Crippen LogP contribution in [-0.4, -0.2) is 42.5 Å². The molecule has 0 saturated carbocycles. The Morgan fingerprint density at radius 1 is 1.06 bits per heavy atom. The van der Waals surface area contributed by atoms with Crippen molar-refractivity contribution in [2.24, 2.45) is 0 Å². The molecule has 0 aliphatic rings. The van der Waals surface area contributed by atoms with Gasteiger partial charge in [0.05, 0.1) is 7.11 Å². The molecule has 0 fully saturated rings. The van der Waals surface area contributed by atoms with Crippen molar-refractivity contribution >= 4 is 11.8 Å². The molecule has 0 saturated heterocycles. The lowest BCUT2D eigenvalue weighted by Gasteiger charge is -2.29. The zero-order valence-corrected chi connectivity index (χ0v) is 20.3. The largest absolute Gasteiger partial charge is 0.497 e. The number of benzene rings is 2. The van der Waals surface area contributed by atoms with Crippen LogP contribution >= 0.6 is 0 Å². The number of nitrogens with one attached hydrogen (secondary N) is 1. The van der Waals surface area contributed by atoms with E-state index < -0.39 is 6.04 Å². The maximum atomic E-state index is 13.2. The van der Waals surface area contributed by atoms with Gasteiger partial charge in [0.2, 0.25) is 5.91 Å². The Morgan fingerprint density at radius 3 is 2.31 bits per heavy atom. The number of hydrogen-bond donors (Lipinski definition) is 1. The molecule has 2 unspecified atom stereocenters. The van der Waals surface area contributed by atoms with Crippen LogP contribution < -0.4 is 14.8 Å². The van der Waals surface area contributed by atoms with Crippen LogP contribution in [0.1, 0.15) is 49.4 Å². The van der Waals surface area contributed by atoms with Crippen LogP contribution in [0.2, 0.25) is 0 Å². The molecule has 1 N–H and O–H groups in total. The van der Waals surface area contributed by atoms with Crippen molar-refractivity contribution in [3.05, 3.63) is 58.7 Å². The first-order chi connectivity index (χ1) is 15.2. The second-order valence-electron chi connectivity index (χ2n) is 8.36. The molecule has 0 aromatic heterocycles. The van der Waals surface area contributed by atoms with Gasteiger partial charge in [-0.05, 0) is 81.5 Å². The van der Waals surface area contributed by atoms with E-state index in [1.807, 2.05) is 65.0 Å². The zero-order chi connectivity index (χ0) is 23.8. The molecule has 2 aromatic carbocycles. The van der Waals surface area contributed by atoms with Crippen molar-refractivity contribution in [3.8, 4) is 11.5 Å². The van der Waals surface area contributed by atoms with Crippen LogP contribution in [0.5, 0.6) is 11.5 Å². The zero-order valence-electron chi connectivity index (χ0n) is 20.3. The van der Waals surface area contributed by atoms with Crippen LogP contribution in [0.15, 0.2) is 36.4 Å². The molecule has 2 aromatic rings. The summed E-state index contributed by atoms with van der Waals surface area (Å²) in [4.78, 5) is 27.6. The number of rotatable bonds is 10. The minimum Gasteiger partial charge on any atom is -0.497 e. The minimum atomic E-state index is -0.637. The standard InChI is InChI=1S/C26H36N2O4/c1-8-19(4)27-26(30)21(6)28(15-22-9-11-23(31-7)12-10-22)25(29)16-32-24-14-17(2)13-18(3)20(24)5/h9-14,19,21H,8,15-16H2,1-7H3,(H,27,30). The maximum absolute atomic E-state index is 13.2. The normalized spacial score (nSPS) is 12.6. The highest BCUT2D eigenvalue weighted by Gasteiger charge is 2.27. The van der Waals surface area contributed by atoms with E-state index in [1.165, 1.54) is 0 Å². The third-order valence-corrected chi connectivity index (χ3v) is 5.80. The van der Waals surface area contributed by atoms with Crippen LogP contribution in [0.4, 0.5) is 0 Å². The fourth-order valence-electron chi connectivity index (χ4n) is 3.35. The molecule has 0 bridgehead atoms. The molecule has 2 amide bonds. The van der Waals surface area contributed by atoms with E-state index in [2.05, 4.69) is 11.4 Å². The summed E-state index contributed by atoms with van der Waals surface area (Å²) in [5.41, 5.74) is 4.10. The molecule has 2 rings (SSSR count). The van der Waals surface area contributed by atoms with Crippen molar-refractivity contribution in [2.45, 2.75) is 66.6 Å². The van der Waals surface area contributed by atoms with Gasteiger partial charge in [-0.2, -0.15) is 0 Å². The van der Waals surface area contributed by atoms with Gasteiger partial charge in [-0.25, -0.2) is 0 Å². The lowest BCUT2D eigenvalue weighted by atomic mass is 10.1. The first kappa shape index (κ1) is 25.2. The van der Waals surface area contributed by atoms with E-state index in [0.29, 0.717) is 12.3 Å². The molecule has 174 valence electrons. The molecular weight excluding hydrogens is 404 g/mol. The molecule has 0 spiro atoms. The first-order valence-corrected chi connectivity index (χ1v) is 11.1. The third-order valence-electron chi connectivity index (χ3n) is 5.80. The van der Waals surface area contributed by atoms with Crippen molar-refractivity contribution in [1.29, 1.82) is 0 Å². The molecule has 0 aliphatic carbocycles. The van der Waals surface area contributed by atoms with E-state index >= 15 is 0 Å². The summed E-state index contributed by atoms with van der Waals surface area (Å²) in [6.07, 6.45) is 0.819. The molecular formula is C26H36N2O4. The number of hydrogen-bond acceptors (Lipinski definition) is 4. The summed E-state index contributed by atoms with van der Waals surface area (Å²) in [7, 11) is 1.61. The summed E-state index contributed by atoms with van der Waals surface area (Å²) in [6.45, 7) is 11.9. The highest BCUT2D eigenvalue weighted by atomic mass is 16.5. The smallest absolute Gasteiger partial charge is 0.261 e. The number of aryl methyl sites for hydroxylation is 2. The second-order valence-corrected chi connectivity index (χ2v) is 8.36. The monoisotopic (exact) mass is 440 g/mol. The van der Waals surface area contributed by atoms with E-state index in [0.717, 1.165) is 34.4 Å². The summed E-state index contributed by atoms with van der Waals surface area (Å²) in [6, 6.07) is 10.9. The summed E-state index contributed by atoms with van der Waals surface area (Å²) in [5, 5.41) is 2.97. The van der Waals surface area contributed by atoms with Gasteiger partial charge in [0, 0.05) is 12.6 Å². The van der Waals surface area contributed by atoms with Gasteiger partial charge >= 0.3 is 0 Å². The SMILES string of the molecule is CCC(C)NC(=O)C(C)N(Cc1ccc(OC)cc1)C(=O)COc1cc(C)cc(C)c1C. The maximum Gasteiger partial charge on any atom is 0.261 e. The Morgan fingerprint density at radius 2 is 1.72 bits per heavy atom. The number of ether oxygens (including phenoxy) is 2. The summed E-state index contributed by atoms with van der Waals surface area (Å²) in [5.74, 6) is 1.01. The lowest BCUT2D eigenvalue weighted by Crippen LogP contribution is -2.50. The van der Waals surface area contributed by atoms with E-state index in [-0.39, 0.29) is 24.5 Å². The van der Waals surface area contributed by atoms with Gasteiger partial charge < -0.3 is 19.7 Å². The molecule has 32 heavy (non-hydrogen) atoms. The number of nitrogens with zero attached hydrogens (tertiary/aromatic N) is 1. The summed E-state index contributed by atoms with van der Waals surface area (Å²) >= 11 is 0. The van der Waals surface area contributed by atoms with Gasteiger partial charge in [0.1, 0.15) is 17.5 Å². The van der Waals surface area contributed by atoms with Gasteiger partial charge in [0.25, 0.3) is 5.91 Å². The topological polar surface area (TPSA) is 67.9 Å². The quantitative estimate of drug-likeness (QED) is 0.597. The van der Waals surface area contributed by atoms with Crippen LogP contribution in [0.25, 0.3) is 0 Å². The predicted octanol–water partition coefficient (Wildman–Crippen LogP) is 4.33. The highest BCUT2D eigenvalue weighted by Crippen LogP contribution is 2.23. The third kappa shape index (κ3) is 6.74. The Kier molecular flexibility index (Phi) is 9.12. The minimum absolute atomic E-state index is 0.0389. The van der Waals surface area contributed by atoms with Crippen molar-refractivity contribution in [3.63, 3.8) is 0 Å². The average Bonchev–Trinajstić information content (AvgIpc) is 2.78. The first-order valence-electron chi connectivity index (χ1n) is 11.1. The number of carbonyl (C=O) groups is 2. The molecule has 6 heteroatoms. The van der Waals surface area contributed by atoms with Gasteiger partial charge in [0.15, 0.2) is 6.61 Å². The highest BCUT2D eigenvalue weighted by molar-refractivity contribution is 5.88. The Bertz CT molecular complexity index is 924. The molecule has 2 atom stereocenters. The number of amides is 2. The van der Waals surface area contributed by atoms with Gasteiger partial charge in [-0.15, -0.1) is 0 Å². The van der Waals surface area contributed by atoms with Crippen molar-refractivity contribution in [2.75, 3.05) is 13.7 Å². The second kappa shape index (κ2) is 11.6. The van der Waals surface area contributed by atoms with Crippen LogP contribution in [0.3, 0.4) is 0 Å². The fourth-order valence-corrected chi connectivity index (χ4v) is 3.35. The van der Waals surface area contributed by atoms with Crippen molar-refractivity contribution in [1.82, 2.24) is 10.2 Å². The Labute approximate surface area is 191 Å². The Balaban J connectivity index is 2.21.